The van der Waals surface area contributed by atoms with Crippen molar-refractivity contribution in [1.29, 1.82) is 0 Å². The second-order valence-corrected chi connectivity index (χ2v) is 6.95. The Balaban J connectivity index is 2.28. The van der Waals surface area contributed by atoms with Crippen LogP contribution in [-0.2, 0) is 0 Å². The molecular weight excluding hydrogens is 262 g/mol. The molecule has 2 rings (SSSR count). The number of rotatable bonds is 5. The highest BCUT2D eigenvalue weighted by atomic mass is 16.2. The van der Waals surface area contributed by atoms with E-state index in [-0.39, 0.29) is 11.9 Å². The first kappa shape index (κ1) is 15.9. The molecule has 1 amide bonds. The Kier molecular flexibility index (Phi) is 4.96. The number of amides is 1. The Labute approximate surface area is 128 Å². The molecule has 1 aliphatic rings. The molecule has 0 unspecified atom stereocenters. The predicted octanol–water partition coefficient (Wildman–Crippen LogP) is 3.69. The quantitative estimate of drug-likeness (QED) is 0.899. The minimum atomic E-state index is 0.140. The fourth-order valence-corrected chi connectivity index (χ4v) is 3.25. The SMILES string of the molecule is CC(C)CN(C(=O)c1cc(N)cn1C(C)C)C1CCCC1. The minimum absolute atomic E-state index is 0.140. The maximum Gasteiger partial charge on any atom is 0.270 e. The molecule has 0 spiro atoms. The van der Waals surface area contributed by atoms with Gasteiger partial charge in [0.15, 0.2) is 0 Å². The fourth-order valence-electron chi connectivity index (χ4n) is 3.25. The van der Waals surface area contributed by atoms with E-state index < -0.39 is 0 Å². The Hall–Kier alpha value is -1.45. The number of carbonyl (C=O) groups excluding carboxylic acids is 1. The van der Waals surface area contributed by atoms with Crippen molar-refractivity contribution in [2.75, 3.05) is 12.3 Å². The van der Waals surface area contributed by atoms with E-state index in [2.05, 4.69) is 32.6 Å². The zero-order valence-electron chi connectivity index (χ0n) is 13.8. The Morgan fingerprint density at radius 3 is 2.48 bits per heavy atom. The van der Waals surface area contributed by atoms with Gasteiger partial charge in [0.1, 0.15) is 5.69 Å². The topological polar surface area (TPSA) is 51.3 Å². The molecule has 0 atom stereocenters. The van der Waals surface area contributed by atoms with Crippen LogP contribution in [0.4, 0.5) is 5.69 Å². The first-order valence-electron chi connectivity index (χ1n) is 8.18. The van der Waals surface area contributed by atoms with Crippen LogP contribution in [0.25, 0.3) is 0 Å². The van der Waals surface area contributed by atoms with Gasteiger partial charge in [-0.25, -0.2) is 0 Å². The lowest BCUT2D eigenvalue weighted by atomic mass is 10.1. The number of hydrogen-bond acceptors (Lipinski definition) is 2. The molecule has 2 N–H and O–H groups in total. The van der Waals surface area contributed by atoms with E-state index in [0.29, 0.717) is 17.6 Å². The molecule has 1 fully saturated rings. The van der Waals surface area contributed by atoms with Crippen LogP contribution in [0.1, 0.15) is 69.9 Å². The third kappa shape index (κ3) is 3.60. The molecule has 21 heavy (non-hydrogen) atoms. The third-order valence-electron chi connectivity index (χ3n) is 4.23. The lowest BCUT2D eigenvalue weighted by Crippen LogP contribution is -2.42. The summed E-state index contributed by atoms with van der Waals surface area (Å²) < 4.78 is 2.00. The molecule has 0 radical (unpaired) electrons. The normalized spacial score (nSPS) is 16.1. The molecular formula is C17H29N3O. The highest BCUT2D eigenvalue weighted by molar-refractivity contribution is 5.94. The van der Waals surface area contributed by atoms with Crippen molar-refractivity contribution in [2.45, 2.75) is 65.5 Å². The lowest BCUT2D eigenvalue weighted by molar-refractivity contribution is 0.0642. The van der Waals surface area contributed by atoms with Gasteiger partial charge in [0.05, 0.1) is 5.69 Å². The molecule has 0 saturated heterocycles. The highest BCUT2D eigenvalue weighted by Gasteiger charge is 2.29. The van der Waals surface area contributed by atoms with Gasteiger partial charge >= 0.3 is 0 Å². The van der Waals surface area contributed by atoms with Crippen LogP contribution in [0.2, 0.25) is 0 Å². The van der Waals surface area contributed by atoms with E-state index in [1.54, 1.807) is 0 Å². The van der Waals surface area contributed by atoms with Gasteiger partial charge < -0.3 is 15.2 Å². The molecule has 0 aromatic carbocycles. The van der Waals surface area contributed by atoms with Crippen LogP contribution >= 0.6 is 0 Å². The van der Waals surface area contributed by atoms with E-state index in [4.69, 9.17) is 5.73 Å². The maximum absolute atomic E-state index is 13.1. The Bertz CT molecular complexity index is 484. The average Bonchev–Trinajstić information content (AvgIpc) is 3.03. The number of nitrogens with zero attached hydrogens (tertiary/aromatic N) is 2. The summed E-state index contributed by atoms with van der Waals surface area (Å²) >= 11 is 0. The van der Waals surface area contributed by atoms with Crippen molar-refractivity contribution in [1.82, 2.24) is 9.47 Å². The molecule has 118 valence electrons. The van der Waals surface area contributed by atoms with Crippen LogP contribution in [0, 0.1) is 5.92 Å². The van der Waals surface area contributed by atoms with Crippen molar-refractivity contribution in [3.63, 3.8) is 0 Å². The van der Waals surface area contributed by atoms with E-state index in [1.165, 1.54) is 12.8 Å². The summed E-state index contributed by atoms with van der Waals surface area (Å²) in [6, 6.07) is 2.47. The third-order valence-corrected chi connectivity index (χ3v) is 4.23. The monoisotopic (exact) mass is 291 g/mol. The van der Waals surface area contributed by atoms with E-state index in [9.17, 15) is 4.79 Å². The Morgan fingerprint density at radius 1 is 1.33 bits per heavy atom. The first-order valence-corrected chi connectivity index (χ1v) is 8.18. The molecule has 1 aliphatic carbocycles. The summed E-state index contributed by atoms with van der Waals surface area (Å²) in [6.07, 6.45) is 6.62. The number of aromatic nitrogens is 1. The number of anilines is 1. The molecule has 1 aromatic rings. The number of nitrogens with two attached hydrogens (primary N) is 1. The second kappa shape index (κ2) is 6.54. The summed E-state index contributed by atoms with van der Waals surface area (Å²) in [4.78, 5) is 15.1. The van der Waals surface area contributed by atoms with Gasteiger partial charge in [0.2, 0.25) is 0 Å². The van der Waals surface area contributed by atoms with Crippen molar-refractivity contribution in [3.05, 3.63) is 18.0 Å². The molecule has 4 nitrogen and oxygen atoms in total. The second-order valence-electron chi connectivity index (χ2n) is 6.95. The van der Waals surface area contributed by atoms with Gasteiger partial charge in [-0.15, -0.1) is 0 Å². The summed E-state index contributed by atoms with van der Waals surface area (Å²) in [5.41, 5.74) is 7.32. The van der Waals surface area contributed by atoms with Gasteiger partial charge in [0.25, 0.3) is 5.91 Å². The average molecular weight is 291 g/mol. The van der Waals surface area contributed by atoms with E-state index in [0.717, 1.165) is 25.1 Å². The summed E-state index contributed by atoms with van der Waals surface area (Å²) in [7, 11) is 0. The predicted molar refractivity (Wildman–Crippen MR) is 87.4 cm³/mol. The molecule has 0 bridgehead atoms. The van der Waals surface area contributed by atoms with Gasteiger partial charge in [-0.3, -0.25) is 4.79 Å². The van der Waals surface area contributed by atoms with Crippen LogP contribution in [0.5, 0.6) is 0 Å². The molecule has 0 aliphatic heterocycles. The zero-order chi connectivity index (χ0) is 15.6. The smallest absolute Gasteiger partial charge is 0.270 e. The standard InChI is InChI=1S/C17H29N3O/c1-12(2)10-20(15-7-5-6-8-15)17(21)16-9-14(18)11-19(16)13(3)4/h9,11-13,15H,5-8,10,18H2,1-4H3. The van der Waals surface area contributed by atoms with E-state index >= 15 is 0 Å². The fraction of sp³-hybridized carbons (Fsp3) is 0.706. The molecule has 4 heteroatoms. The van der Waals surface area contributed by atoms with Crippen molar-refractivity contribution in [3.8, 4) is 0 Å². The zero-order valence-corrected chi connectivity index (χ0v) is 13.8. The van der Waals surface area contributed by atoms with Crippen molar-refractivity contribution in [2.24, 2.45) is 5.92 Å². The minimum Gasteiger partial charge on any atom is -0.397 e. The summed E-state index contributed by atoms with van der Waals surface area (Å²) in [6.45, 7) is 9.33. The van der Waals surface area contributed by atoms with Gasteiger partial charge in [0, 0.05) is 24.8 Å². The number of hydrogen-bond donors (Lipinski definition) is 1. The largest absolute Gasteiger partial charge is 0.397 e. The van der Waals surface area contributed by atoms with Crippen LogP contribution < -0.4 is 5.73 Å². The lowest BCUT2D eigenvalue weighted by Gasteiger charge is -2.31. The van der Waals surface area contributed by atoms with Gasteiger partial charge in [-0.05, 0) is 38.7 Å². The number of nitrogen functional groups attached to an aromatic ring is 1. The van der Waals surface area contributed by atoms with Crippen molar-refractivity contribution < 1.29 is 4.79 Å². The van der Waals surface area contributed by atoms with E-state index in [1.807, 2.05) is 16.8 Å². The van der Waals surface area contributed by atoms with Gasteiger partial charge in [-0.1, -0.05) is 26.7 Å². The summed E-state index contributed by atoms with van der Waals surface area (Å²) in [5.74, 6) is 0.621. The van der Waals surface area contributed by atoms with Crippen LogP contribution in [0.3, 0.4) is 0 Å². The molecule has 1 aromatic heterocycles. The number of carbonyl (C=O) groups is 1. The molecule has 1 heterocycles. The maximum atomic E-state index is 13.1. The first-order chi connectivity index (χ1) is 9.90. The van der Waals surface area contributed by atoms with Crippen LogP contribution in [-0.4, -0.2) is 28.0 Å². The van der Waals surface area contributed by atoms with Crippen LogP contribution in [0.15, 0.2) is 12.3 Å². The molecule has 1 saturated carbocycles. The summed E-state index contributed by atoms with van der Waals surface area (Å²) in [5, 5.41) is 0. The van der Waals surface area contributed by atoms with Crippen molar-refractivity contribution >= 4 is 11.6 Å². The Morgan fingerprint density at radius 2 is 1.95 bits per heavy atom. The van der Waals surface area contributed by atoms with Gasteiger partial charge in [-0.2, -0.15) is 0 Å². The highest BCUT2D eigenvalue weighted by Crippen LogP contribution is 2.27.